The Kier molecular flexibility index (Phi) is 4.79. The molecule has 1 fully saturated rings. The molecule has 1 aliphatic heterocycles. The van der Waals surface area contributed by atoms with E-state index in [0.29, 0.717) is 5.00 Å². The number of thiophene rings is 1. The van der Waals surface area contributed by atoms with Gasteiger partial charge in [-0.2, -0.15) is 0 Å². The summed E-state index contributed by atoms with van der Waals surface area (Å²) in [6, 6.07) is 1.32. The standard InChI is InChI=1S/C13H18N2O3S/c16-12(17)10-6-9-19-11(10)14-13(18)15-7-4-2-1-3-5-8-15/h6,9H,1-5,7-8H2,(H,14,18)(H,16,17). The van der Waals surface area contributed by atoms with Crippen molar-refractivity contribution in [1.82, 2.24) is 4.90 Å². The number of carbonyl (C=O) groups is 2. The van der Waals surface area contributed by atoms with Gasteiger partial charge in [0.1, 0.15) is 5.00 Å². The molecule has 1 saturated heterocycles. The van der Waals surface area contributed by atoms with Crippen LogP contribution in [-0.2, 0) is 0 Å². The fraction of sp³-hybridized carbons (Fsp3) is 0.538. The first-order valence-electron chi connectivity index (χ1n) is 6.55. The van der Waals surface area contributed by atoms with Crippen molar-refractivity contribution in [1.29, 1.82) is 0 Å². The van der Waals surface area contributed by atoms with E-state index in [4.69, 9.17) is 5.11 Å². The van der Waals surface area contributed by atoms with Gasteiger partial charge >= 0.3 is 12.0 Å². The van der Waals surface area contributed by atoms with Gasteiger partial charge in [-0.05, 0) is 24.3 Å². The minimum atomic E-state index is -1.01. The van der Waals surface area contributed by atoms with Crippen molar-refractivity contribution >= 4 is 28.3 Å². The van der Waals surface area contributed by atoms with E-state index in [1.807, 2.05) is 0 Å². The first kappa shape index (κ1) is 13.9. The lowest BCUT2D eigenvalue weighted by Crippen LogP contribution is -2.37. The lowest BCUT2D eigenvalue weighted by molar-refractivity contribution is 0.0698. The van der Waals surface area contributed by atoms with Gasteiger partial charge in [-0.15, -0.1) is 11.3 Å². The normalized spacial score (nSPS) is 16.5. The zero-order chi connectivity index (χ0) is 13.7. The van der Waals surface area contributed by atoms with Crippen molar-refractivity contribution in [3.8, 4) is 0 Å². The summed E-state index contributed by atoms with van der Waals surface area (Å²) in [5.74, 6) is -1.01. The van der Waals surface area contributed by atoms with Crippen LogP contribution in [0.5, 0.6) is 0 Å². The maximum atomic E-state index is 12.1. The average Bonchev–Trinajstić information content (AvgIpc) is 2.76. The molecule has 0 atom stereocenters. The summed E-state index contributed by atoms with van der Waals surface area (Å²) in [4.78, 5) is 24.9. The molecule has 104 valence electrons. The van der Waals surface area contributed by atoms with Crippen LogP contribution >= 0.6 is 11.3 Å². The van der Waals surface area contributed by atoms with Crippen LogP contribution < -0.4 is 5.32 Å². The lowest BCUT2D eigenvalue weighted by atomic mass is 10.1. The average molecular weight is 282 g/mol. The van der Waals surface area contributed by atoms with Crippen LogP contribution in [0.1, 0.15) is 42.5 Å². The summed E-state index contributed by atoms with van der Waals surface area (Å²) in [5, 5.41) is 13.8. The molecule has 2 rings (SSSR count). The molecule has 1 aliphatic rings. The number of rotatable bonds is 2. The second-order valence-electron chi connectivity index (χ2n) is 4.65. The maximum absolute atomic E-state index is 12.1. The van der Waals surface area contributed by atoms with E-state index in [9.17, 15) is 9.59 Å². The Hall–Kier alpha value is -1.56. The Morgan fingerprint density at radius 3 is 2.42 bits per heavy atom. The van der Waals surface area contributed by atoms with Gasteiger partial charge in [0, 0.05) is 13.1 Å². The number of nitrogens with one attached hydrogen (secondary N) is 1. The van der Waals surface area contributed by atoms with Crippen LogP contribution in [0.4, 0.5) is 9.80 Å². The molecule has 0 aliphatic carbocycles. The molecule has 2 N–H and O–H groups in total. The van der Waals surface area contributed by atoms with Crippen LogP contribution in [-0.4, -0.2) is 35.1 Å². The van der Waals surface area contributed by atoms with Gasteiger partial charge in [-0.3, -0.25) is 5.32 Å². The van der Waals surface area contributed by atoms with Crippen molar-refractivity contribution in [3.63, 3.8) is 0 Å². The van der Waals surface area contributed by atoms with Crippen molar-refractivity contribution in [2.24, 2.45) is 0 Å². The highest BCUT2D eigenvalue weighted by atomic mass is 32.1. The maximum Gasteiger partial charge on any atom is 0.338 e. The quantitative estimate of drug-likeness (QED) is 0.874. The second-order valence-corrected chi connectivity index (χ2v) is 5.57. The SMILES string of the molecule is O=C(O)c1ccsc1NC(=O)N1CCCCCCC1. The molecule has 1 aromatic heterocycles. The number of hydrogen-bond acceptors (Lipinski definition) is 3. The largest absolute Gasteiger partial charge is 0.478 e. The van der Waals surface area contributed by atoms with Gasteiger partial charge in [-0.1, -0.05) is 19.3 Å². The third-order valence-electron chi connectivity index (χ3n) is 3.26. The summed E-state index contributed by atoms with van der Waals surface area (Å²) in [5.41, 5.74) is 0.158. The Labute approximate surface area is 116 Å². The van der Waals surface area contributed by atoms with Gasteiger partial charge in [-0.25, -0.2) is 9.59 Å². The Morgan fingerprint density at radius 1 is 1.16 bits per heavy atom. The number of anilines is 1. The predicted molar refractivity (Wildman–Crippen MR) is 75.0 cm³/mol. The van der Waals surface area contributed by atoms with E-state index < -0.39 is 5.97 Å². The topological polar surface area (TPSA) is 69.6 Å². The first-order chi connectivity index (χ1) is 9.18. The molecule has 19 heavy (non-hydrogen) atoms. The molecule has 2 amide bonds. The van der Waals surface area contributed by atoms with Crippen molar-refractivity contribution in [2.45, 2.75) is 32.1 Å². The van der Waals surface area contributed by atoms with E-state index in [1.54, 1.807) is 10.3 Å². The number of carboxylic acids is 1. The molecule has 0 saturated carbocycles. The van der Waals surface area contributed by atoms with Gasteiger partial charge in [0.05, 0.1) is 5.56 Å². The predicted octanol–water partition coefficient (Wildman–Crippen LogP) is 3.24. The smallest absolute Gasteiger partial charge is 0.338 e. The van der Waals surface area contributed by atoms with Gasteiger partial charge < -0.3 is 10.0 Å². The highest BCUT2D eigenvalue weighted by Gasteiger charge is 2.18. The minimum Gasteiger partial charge on any atom is -0.478 e. The van der Waals surface area contributed by atoms with E-state index >= 15 is 0 Å². The van der Waals surface area contributed by atoms with Crippen LogP contribution in [0.3, 0.4) is 0 Å². The number of aromatic carboxylic acids is 1. The zero-order valence-corrected chi connectivity index (χ0v) is 11.5. The van der Waals surface area contributed by atoms with Crippen molar-refractivity contribution in [2.75, 3.05) is 18.4 Å². The zero-order valence-electron chi connectivity index (χ0n) is 10.7. The molecule has 0 radical (unpaired) electrons. The van der Waals surface area contributed by atoms with E-state index in [0.717, 1.165) is 38.8 Å². The summed E-state index contributed by atoms with van der Waals surface area (Å²) >= 11 is 1.24. The summed E-state index contributed by atoms with van der Waals surface area (Å²) < 4.78 is 0. The number of nitrogens with zero attached hydrogens (tertiary/aromatic N) is 1. The minimum absolute atomic E-state index is 0.158. The number of amides is 2. The molecule has 1 aromatic rings. The molecule has 6 heteroatoms. The van der Waals surface area contributed by atoms with Crippen LogP contribution in [0.15, 0.2) is 11.4 Å². The summed E-state index contributed by atoms with van der Waals surface area (Å²) in [6.07, 6.45) is 5.59. The van der Waals surface area contributed by atoms with E-state index in [2.05, 4.69) is 5.32 Å². The second kappa shape index (κ2) is 6.56. The van der Waals surface area contributed by atoms with Crippen molar-refractivity contribution in [3.05, 3.63) is 17.0 Å². The van der Waals surface area contributed by atoms with Crippen LogP contribution in [0.25, 0.3) is 0 Å². The number of urea groups is 1. The Balaban J connectivity index is 1.99. The molecule has 0 aromatic carbocycles. The third kappa shape index (κ3) is 3.70. The van der Waals surface area contributed by atoms with Gasteiger partial charge in [0.2, 0.25) is 0 Å². The van der Waals surface area contributed by atoms with Crippen LogP contribution in [0, 0.1) is 0 Å². The molecule has 0 bridgehead atoms. The molecular weight excluding hydrogens is 264 g/mol. The van der Waals surface area contributed by atoms with Crippen LogP contribution in [0.2, 0.25) is 0 Å². The molecular formula is C13H18N2O3S. The van der Waals surface area contributed by atoms with Crippen molar-refractivity contribution < 1.29 is 14.7 Å². The summed E-state index contributed by atoms with van der Waals surface area (Å²) in [6.45, 7) is 1.50. The first-order valence-corrected chi connectivity index (χ1v) is 7.43. The molecule has 2 heterocycles. The van der Waals surface area contributed by atoms with E-state index in [1.165, 1.54) is 23.8 Å². The molecule has 0 spiro atoms. The summed E-state index contributed by atoms with van der Waals surface area (Å²) in [7, 11) is 0. The van der Waals surface area contributed by atoms with Gasteiger partial charge in [0.25, 0.3) is 0 Å². The van der Waals surface area contributed by atoms with Gasteiger partial charge in [0.15, 0.2) is 0 Å². The highest BCUT2D eigenvalue weighted by molar-refractivity contribution is 7.14. The number of carbonyl (C=O) groups excluding carboxylic acids is 1. The fourth-order valence-corrected chi connectivity index (χ4v) is 2.97. The Bertz CT molecular complexity index is 450. The molecule has 0 unspecified atom stereocenters. The fourth-order valence-electron chi connectivity index (χ4n) is 2.20. The Morgan fingerprint density at radius 2 is 1.79 bits per heavy atom. The highest BCUT2D eigenvalue weighted by Crippen LogP contribution is 2.23. The monoisotopic (exact) mass is 282 g/mol. The lowest BCUT2D eigenvalue weighted by Gasteiger charge is -2.24. The third-order valence-corrected chi connectivity index (χ3v) is 4.09. The molecule has 5 nitrogen and oxygen atoms in total. The number of likely N-dealkylation sites (tertiary alicyclic amines) is 1. The van der Waals surface area contributed by atoms with E-state index in [-0.39, 0.29) is 11.6 Å². The number of carboxylic acid groups (broad SMARTS) is 1. The number of hydrogen-bond donors (Lipinski definition) is 2.